The van der Waals surface area contributed by atoms with Gasteiger partial charge >= 0.3 is 6.03 Å². The summed E-state index contributed by atoms with van der Waals surface area (Å²) < 4.78 is 10.6. The first kappa shape index (κ1) is 19.0. The van der Waals surface area contributed by atoms with Gasteiger partial charge in [0, 0.05) is 43.6 Å². The van der Waals surface area contributed by atoms with Gasteiger partial charge < -0.3 is 29.9 Å². The van der Waals surface area contributed by atoms with Crippen LogP contribution in [0.3, 0.4) is 0 Å². The van der Waals surface area contributed by atoms with Crippen molar-refractivity contribution in [2.24, 2.45) is 0 Å². The summed E-state index contributed by atoms with van der Waals surface area (Å²) in [5.74, 6) is 1.94. The predicted octanol–water partition coefficient (Wildman–Crippen LogP) is 3.18. The van der Waals surface area contributed by atoms with Gasteiger partial charge in [-0.15, -0.1) is 0 Å². The smallest absolute Gasteiger partial charge is 0.323 e. The van der Waals surface area contributed by atoms with Gasteiger partial charge in [0.25, 0.3) is 0 Å². The fraction of sp³-hybridized carbons (Fsp3) is 0.227. The molecule has 3 aromatic rings. The number of ether oxygens (including phenoxy) is 2. The van der Waals surface area contributed by atoms with Crippen LogP contribution in [-0.4, -0.2) is 49.0 Å². The molecule has 2 aromatic carbocycles. The number of para-hydroxylation sites is 1. The van der Waals surface area contributed by atoms with Crippen LogP contribution in [0, 0.1) is 0 Å². The summed E-state index contributed by atoms with van der Waals surface area (Å²) in [5.41, 5.74) is 2.36. The lowest BCUT2D eigenvalue weighted by atomic mass is 10.2. The number of fused-ring (bicyclic) bond motifs is 1. The number of amides is 2. The molecule has 1 saturated heterocycles. The molecule has 9 nitrogen and oxygen atoms in total. The van der Waals surface area contributed by atoms with E-state index in [1.165, 1.54) is 5.69 Å². The van der Waals surface area contributed by atoms with Crippen LogP contribution < -0.4 is 29.9 Å². The zero-order valence-corrected chi connectivity index (χ0v) is 16.8. The third-order valence-electron chi connectivity index (χ3n) is 5.21. The number of nitrogens with one attached hydrogen (secondary N) is 2. The highest BCUT2D eigenvalue weighted by Gasteiger charge is 2.19. The molecule has 0 spiro atoms. The van der Waals surface area contributed by atoms with E-state index in [-0.39, 0.29) is 12.8 Å². The Morgan fingerprint density at radius 1 is 0.806 bits per heavy atom. The Morgan fingerprint density at radius 3 is 2.26 bits per heavy atom. The van der Waals surface area contributed by atoms with Crippen molar-refractivity contribution in [3.05, 3.63) is 60.9 Å². The van der Waals surface area contributed by atoms with Gasteiger partial charge in [-0.05, 0) is 24.3 Å². The number of benzene rings is 2. The normalized spacial score (nSPS) is 15.0. The van der Waals surface area contributed by atoms with Crippen LogP contribution in [0.4, 0.5) is 27.8 Å². The molecule has 5 rings (SSSR count). The Balaban J connectivity index is 1.15. The summed E-state index contributed by atoms with van der Waals surface area (Å²) in [7, 11) is 0. The summed E-state index contributed by atoms with van der Waals surface area (Å²) in [6, 6.07) is 15.2. The molecule has 0 unspecified atom stereocenters. The van der Waals surface area contributed by atoms with E-state index in [1.807, 2.05) is 6.07 Å². The van der Waals surface area contributed by atoms with E-state index in [4.69, 9.17) is 9.47 Å². The number of anilines is 4. The van der Waals surface area contributed by atoms with Crippen LogP contribution in [-0.2, 0) is 0 Å². The molecule has 31 heavy (non-hydrogen) atoms. The van der Waals surface area contributed by atoms with Crippen molar-refractivity contribution in [2.45, 2.75) is 0 Å². The van der Waals surface area contributed by atoms with Crippen LogP contribution in [0.2, 0.25) is 0 Å². The predicted molar refractivity (Wildman–Crippen MR) is 118 cm³/mol. The molecule has 0 aliphatic carbocycles. The van der Waals surface area contributed by atoms with Crippen molar-refractivity contribution >= 4 is 29.0 Å². The minimum atomic E-state index is -0.383. The van der Waals surface area contributed by atoms with Crippen LogP contribution in [0.15, 0.2) is 60.9 Å². The number of rotatable bonds is 4. The lowest BCUT2D eigenvalue weighted by molar-refractivity contribution is 0.174. The molecule has 0 bridgehead atoms. The molecular weight excluding hydrogens is 396 g/mol. The highest BCUT2D eigenvalue weighted by Crippen LogP contribution is 2.34. The average Bonchev–Trinajstić information content (AvgIpc) is 3.28. The maximum Gasteiger partial charge on any atom is 0.323 e. The summed E-state index contributed by atoms with van der Waals surface area (Å²) >= 11 is 0. The number of aromatic nitrogens is 2. The molecular formula is C22H22N6O3. The van der Waals surface area contributed by atoms with E-state index < -0.39 is 0 Å². The zero-order valence-electron chi connectivity index (χ0n) is 16.8. The Morgan fingerprint density at radius 2 is 1.48 bits per heavy atom. The lowest BCUT2D eigenvalue weighted by Crippen LogP contribution is -2.47. The quantitative estimate of drug-likeness (QED) is 0.672. The number of piperazine rings is 1. The second-order valence-corrected chi connectivity index (χ2v) is 7.23. The Kier molecular flexibility index (Phi) is 5.14. The standard InChI is InChI=1S/C22H22N6O3/c29-22(25-16-6-7-19-20(12-16)31-15-30-19)26-17-13-23-21(24-14-17)28-10-8-27(9-11-28)18-4-2-1-3-5-18/h1-7,12-14H,8-11,15H2,(H2,25,26,29). The third-order valence-corrected chi connectivity index (χ3v) is 5.21. The topological polar surface area (TPSA) is 91.9 Å². The molecule has 2 amide bonds. The van der Waals surface area contributed by atoms with Crippen LogP contribution in [0.25, 0.3) is 0 Å². The first-order valence-electron chi connectivity index (χ1n) is 10.1. The van der Waals surface area contributed by atoms with Crippen LogP contribution >= 0.6 is 0 Å². The third kappa shape index (κ3) is 4.30. The number of carbonyl (C=O) groups is 1. The van der Waals surface area contributed by atoms with Gasteiger partial charge in [0.2, 0.25) is 12.7 Å². The van der Waals surface area contributed by atoms with E-state index in [1.54, 1.807) is 30.6 Å². The van der Waals surface area contributed by atoms with Gasteiger partial charge in [-0.1, -0.05) is 18.2 Å². The van der Waals surface area contributed by atoms with Crippen molar-refractivity contribution < 1.29 is 14.3 Å². The first-order chi connectivity index (χ1) is 15.2. The second kappa shape index (κ2) is 8.39. The van der Waals surface area contributed by atoms with Crippen molar-refractivity contribution in [1.82, 2.24) is 9.97 Å². The number of nitrogens with zero attached hydrogens (tertiary/aromatic N) is 4. The number of hydrogen-bond donors (Lipinski definition) is 2. The van der Waals surface area contributed by atoms with Gasteiger partial charge in [-0.25, -0.2) is 14.8 Å². The minimum Gasteiger partial charge on any atom is -0.454 e. The SMILES string of the molecule is O=C(Nc1cnc(N2CCN(c3ccccc3)CC2)nc1)Nc1ccc2c(c1)OCO2. The summed E-state index contributed by atoms with van der Waals surface area (Å²) in [5, 5.41) is 5.50. The highest BCUT2D eigenvalue weighted by molar-refractivity contribution is 5.99. The van der Waals surface area contributed by atoms with Crippen molar-refractivity contribution in [3.63, 3.8) is 0 Å². The molecule has 2 N–H and O–H groups in total. The number of urea groups is 1. The number of hydrogen-bond acceptors (Lipinski definition) is 7. The molecule has 2 aliphatic rings. The van der Waals surface area contributed by atoms with E-state index in [0.29, 0.717) is 28.8 Å². The van der Waals surface area contributed by atoms with E-state index >= 15 is 0 Å². The summed E-state index contributed by atoms with van der Waals surface area (Å²) in [6.07, 6.45) is 3.23. The number of carbonyl (C=O) groups excluding carboxylic acids is 1. The van der Waals surface area contributed by atoms with Crippen LogP contribution in [0.5, 0.6) is 11.5 Å². The molecule has 1 fully saturated rings. The van der Waals surface area contributed by atoms with Gasteiger partial charge in [0.05, 0.1) is 18.1 Å². The van der Waals surface area contributed by atoms with Gasteiger partial charge in [-0.3, -0.25) is 0 Å². The van der Waals surface area contributed by atoms with E-state index in [2.05, 4.69) is 54.7 Å². The molecule has 0 atom stereocenters. The fourth-order valence-electron chi connectivity index (χ4n) is 3.62. The lowest BCUT2D eigenvalue weighted by Gasteiger charge is -2.36. The Hall–Kier alpha value is -4.01. The van der Waals surface area contributed by atoms with Crippen LogP contribution in [0.1, 0.15) is 0 Å². The maximum absolute atomic E-state index is 12.3. The molecule has 9 heteroatoms. The summed E-state index contributed by atoms with van der Waals surface area (Å²) in [6.45, 7) is 3.69. The largest absolute Gasteiger partial charge is 0.454 e. The van der Waals surface area contributed by atoms with E-state index in [9.17, 15) is 4.79 Å². The molecule has 1 aromatic heterocycles. The fourth-order valence-corrected chi connectivity index (χ4v) is 3.62. The van der Waals surface area contributed by atoms with Crippen molar-refractivity contribution in [1.29, 1.82) is 0 Å². The van der Waals surface area contributed by atoms with Gasteiger partial charge in [-0.2, -0.15) is 0 Å². The van der Waals surface area contributed by atoms with Gasteiger partial charge in [0.1, 0.15) is 0 Å². The average molecular weight is 418 g/mol. The first-order valence-corrected chi connectivity index (χ1v) is 10.1. The maximum atomic E-state index is 12.3. The summed E-state index contributed by atoms with van der Waals surface area (Å²) in [4.78, 5) is 25.6. The van der Waals surface area contributed by atoms with Crippen molar-refractivity contribution in [2.75, 3.05) is 53.4 Å². The molecule has 2 aliphatic heterocycles. The Labute approximate surface area is 179 Å². The minimum absolute atomic E-state index is 0.190. The molecule has 0 saturated carbocycles. The molecule has 158 valence electrons. The monoisotopic (exact) mass is 418 g/mol. The van der Waals surface area contributed by atoms with Gasteiger partial charge in [0.15, 0.2) is 11.5 Å². The highest BCUT2D eigenvalue weighted by atomic mass is 16.7. The molecule has 3 heterocycles. The van der Waals surface area contributed by atoms with Crippen molar-refractivity contribution in [3.8, 4) is 11.5 Å². The molecule has 0 radical (unpaired) electrons. The van der Waals surface area contributed by atoms with E-state index in [0.717, 1.165) is 26.2 Å². The second-order valence-electron chi connectivity index (χ2n) is 7.23. The Bertz CT molecular complexity index is 1050. The zero-order chi connectivity index (χ0) is 21.0.